The third-order valence-electron chi connectivity index (χ3n) is 10.1. The van der Waals surface area contributed by atoms with E-state index in [2.05, 4.69) is 0 Å². The Morgan fingerprint density at radius 3 is 2.69 bits per heavy atom. The van der Waals surface area contributed by atoms with Gasteiger partial charge in [0.2, 0.25) is 5.79 Å². The molecule has 0 spiro atoms. The molecule has 0 radical (unpaired) electrons. The maximum absolute atomic E-state index is 12.8. The monoisotopic (exact) mass is 500 g/mol. The van der Waals surface area contributed by atoms with Gasteiger partial charge >= 0.3 is 11.9 Å². The number of ether oxygens (including phenoxy) is 3. The zero-order valence-corrected chi connectivity index (χ0v) is 20.8. The van der Waals surface area contributed by atoms with Gasteiger partial charge in [0.05, 0.1) is 25.7 Å². The molecular formula is C27H32O9. The minimum Gasteiger partial charge on any atom is -0.472 e. The zero-order chi connectivity index (χ0) is 25.8. The van der Waals surface area contributed by atoms with Crippen LogP contribution < -0.4 is 0 Å². The third-order valence-corrected chi connectivity index (χ3v) is 10.1. The van der Waals surface area contributed by atoms with E-state index in [1.807, 2.05) is 13.8 Å². The largest absolute Gasteiger partial charge is 0.472 e. The summed E-state index contributed by atoms with van der Waals surface area (Å²) < 4.78 is 22.2. The van der Waals surface area contributed by atoms with Crippen LogP contribution >= 0.6 is 0 Å². The van der Waals surface area contributed by atoms with Gasteiger partial charge in [-0.1, -0.05) is 20.8 Å². The summed E-state index contributed by atoms with van der Waals surface area (Å²) in [5, 5.41) is 34.5. The summed E-state index contributed by atoms with van der Waals surface area (Å²) >= 11 is 0. The molecule has 36 heavy (non-hydrogen) atoms. The van der Waals surface area contributed by atoms with Crippen molar-refractivity contribution in [3.8, 4) is 0 Å². The summed E-state index contributed by atoms with van der Waals surface area (Å²) in [7, 11) is 1.22. The van der Waals surface area contributed by atoms with E-state index >= 15 is 0 Å². The summed E-state index contributed by atoms with van der Waals surface area (Å²) in [6.45, 7) is 5.77. The van der Waals surface area contributed by atoms with Gasteiger partial charge in [0.25, 0.3) is 0 Å². The molecule has 3 bridgehead atoms. The number of esters is 2. The highest BCUT2D eigenvalue weighted by molar-refractivity contribution is 5.86. The Hall–Kier alpha value is -2.46. The van der Waals surface area contributed by atoms with Crippen LogP contribution in [-0.2, 0) is 23.8 Å². The Balaban J connectivity index is 1.55. The fraction of sp³-hybridized carbons (Fsp3) is 0.630. The second-order valence-corrected chi connectivity index (χ2v) is 11.8. The molecule has 3 N–H and O–H groups in total. The van der Waals surface area contributed by atoms with Crippen LogP contribution in [0.1, 0.15) is 51.7 Å². The number of allylic oxidation sites excluding steroid dienone is 1. The number of aliphatic hydroxyl groups is 3. The molecule has 9 heteroatoms. The number of rotatable bonds is 3. The van der Waals surface area contributed by atoms with Crippen molar-refractivity contribution in [2.75, 3.05) is 7.11 Å². The van der Waals surface area contributed by atoms with E-state index in [0.29, 0.717) is 30.4 Å². The molecule has 2 aliphatic carbocycles. The average Bonchev–Trinajstić information content (AvgIpc) is 3.40. The molecule has 10 atom stereocenters. The van der Waals surface area contributed by atoms with Crippen LogP contribution in [0.15, 0.2) is 46.3 Å². The molecule has 5 aliphatic rings. The van der Waals surface area contributed by atoms with Crippen LogP contribution in [0.3, 0.4) is 0 Å². The highest BCUT2D eigenvalue weighted by Crippen LogP contribution is 2.72. The predicted octanol–water partition coefficient (Wildman–Crippen LogP) is 2.17. The van der Waals surface area contributed by atoms with Crippen molar-refractivity contribution < 1.29 is 43.5 Å². The number of carbonyl (C=O) groups is 2. The standard InChI is InChI=1S/C27H32O9/c1-24-7-5-15-14(16(24)9-18(28)35-21(24)13-6-8-34-12-13)10-27(32)23(31)25(2)11-17(36-27)26(15,3)20(25)19(29)22(30)33-4/h6,8-10,12,15,17,19-21,23,29,31-32H,5,7,11H2,1-4H3/t15-,17-,19+,20+,21-,23-,24+,25+,26-,27-/m0/s1. The lowest BCUT2D eigenvalue weighted by atomic mass is 9.51. The summed E-state index contributed by atoms with van der Waals surface area (Å²) in [5.74, 6) is -4.37. The molecule has 0 unspecified atom stereocenters. The zero-order valence-electron chi connectivity index (χ0n) is 20.8. The smallest absolute Gasteiger partial charge is 0.335 e. The molecular weight excluding hydrogens is 468 g/mol. The molecule has 2 saturated carbocycles. The third kappa shape index (κ3) is 2.74. The number of carbonyl (C=O) groups excluding carboxylic acids is 2. The molecule has 0 amide bonds. The first kappa shape index (κ1) is 23.9. The lowest BCUT2D eigenvalue weighted by Gasteiger charge is -2.54. The van der Waals surface area contributed by atoms with Crippen LogP contribution in [0.5, 0.6) is 0 Å². The molecule has 1 saturated heterocycles. The van der Waals surface area contributed by atoms with Crippen LogP contribution in [0, 0.1) is 28.1 Å². The van der Waals surface area contributed by atoms with Crippen molar-refractivity contribution in [2.24, 2.45) is 28.1 Å². The Morgan fingerprint density at radius 2 is 2.03 bits per heavy atom. The fourth-order valence-electron chi connectivity index (χ4n) is 8.46. The molecule has 1 aromatic rings. The molecule has 1 aromatic heterocycles. The molecule has 6 rings (SSSR count). The number of cyclic esters (lactones) is 1. The van der Waals surface area contributed by atoms with Gasteiger partial charge in [-0.3, -0.25) is 0 Å². The fourth-order valence-corrected chi connectivity index (χ4v) is 8.46. The van der Waals surface area contributed by atoms with Crippen LogP contribution in [0.25, 0.3) is 0 Å². The first-order chi connectivity index (χ1) is 16.9. The highest BCUT2D eigenvalue weighted by Gasteiger charge is 2.75. The second kappa shape index (κ2) is 7.31. The van der Waals surface area contributed by atoms with E-state index in [-0.39, 0.29) is 5.92 Å². The van der Waals surface area contributed by atoms with Gasteiger partial charge in [-0.15, -0.1) is 0 Å². The minimum absolute atomic E-state index is 0.259. The summed E-state index contributed by atoms with van der Waals surface area (Å²) in [6, 6.07) is 1.77. The van der Waals surface area contributed by atoms with E-state index in [4.69, 9.17) is 18.6 Å². The maximum atomic E-state index is 12.8. The van der Waals surface area contributed by atoms with E-state index in [9.17, 15) is 24.9 Å². The molecule has 9 nitrogen and oxygen atoms in total. The van der Waals surface area contributed by atoms with Gasteiger partial charge in [0, 0.05) is 33.8 Å². The Morgan fingerprint density at radius 1 is 1.28 bits per heavy atom. The molecule has 4 heterocycles. The topological polar surface area (TPSA) is 136 Å². The Bertz CT molecular complexity index is 1190. The van der Waals surface area contributed by atoms with Crippen LogP contribution in [0.4, 0.5) is 0 Å². The number of methoxy groups -OCH3 is 1. The SMILES string of the molecule is COC(=O)[C@H](O)[C@@H]1[C@@]2(C)C[C@@H]3O[C@@](O)(C=C4C5=CC(=O)O[C@@H](c6ccoc6)[C@]5(C)CC[C@@H]4[C@@]31C)[C@H]2O. The van der Waals surface area contributed by atoms with E-state index in [1.54, 1.807) is 25.3 Å². The summed E-state index contributed by atoms with van der Waals surface area (Å²) in [4.78, 5) is 25.4. The number of hydrogen-bond donors (Lipinski definition) is 3. The molecule has 0 aromatic carbocycles. The maximum Gasteiger partial charge on any atom is 0.335 e. The summed E-state index contributed by atoms with van der Waals surface area (Å²) in [5.41, 5.74) is -0.350. The molecule has 194 valence electrons. The van der Waals surface area contributed by atoms with Gasteiger partial charge in [-0.2, -0.15) is 0 Å². The number of fused-ring (bicyclic) bond motifs is 6. The lowest BCUT2D eigenvalue weighted by molar-refractivity contribution is -0.294. The Kier molecular flexibility index (Phi) is 4.86. The highest BCUT2D eigenvalue weighted by atomic mass is 16.6. The first-order valence-electron chi connectivity index (χ1n) is 12.4. The van der Waals surface area contributed by atoms with Crippen molar-refractivity contribution in [2.45, 2.75) is 70.2 Å². The van der Waals surface area contributed by atoms with E-state index in [0.717, 1.165) is 5.56 Å². The quantitative estimate of drug-likeness (QED) is 0.534. The normalized spacial score (nSPS) is 47.6. The van der Waals surface area contributed by atoms with Gasteiger partial charge < -0.3 is 33.9 Å². The van der Waals surface area contributed by atoms with Crippen molar-refractivity contribution in [3.05, 3.63) is 47.5 Å². The van der Waals surface area contributed by atoms with Crippen molar-refractivity contribution in [3.63, 3.8) is 0 Å². The molecule has 3 fully saturated rings. The summed E-state index contributed by atoms with van der Waals surface area (Å²) in [6.07, 6.45) is 3.69. The first-order valence-corrected chi connectivity index (χ1v) is 12.4. The van der Waals surface area contributed by atoms with Crippen molar-refractivity contribution in [1.29, 1.82) is 0 Å². The average molecular weight is 501 g/mol. The van der Waals surface area contributed by atoms with E-state index in [1.165, 1.54) is 19.4 Å². The molecule has 3 aliphatic heterocycles. The number of aliphatic hydroxyl groups excluding tert-OH is 2. The van der Waals surface area contributed by atoms with Crippen LogP contribution in [0.2, 0.25) is 0 Å². The van der Waals surface area contributed by atoms with Crippen molar-refractivity contribution >= 4 is 11.9 Å². The minimum atomic E-state index is -2.06. The lowest BCUT2D eigenvalue weighted by Crippen LogP contribution is -2.59. The van der Waals surface area contributed by atoms with Gasteiger partial charge in [-0.05, 0) is 48.5 Å². The number of furan rings is 1. The van der Waals surface area contributed by atoms with Gasteiger partial charge in [0.15, 0.2) is 6.10 Å². The van der Waals surface area contributed by atoms with Gasteiger partial charge in [0.1, 0.15) is 12.2 Å². The second-order valence-electron chi connectivity index (χ2n) is 11.8. The van der Waals surface area contributed by atoms with Crippen molar-refractivity contribution in [1.82, 2.24) is 0 Å². The van der Waals surface area contributed by atoms with Crippen LogP contribution in [-0.4, -0.2) is 58.5 Å². The predicted molar refractivity (Wildman–Crippen MR) is 123 cm³/mol. The number of hydrogen-bond acceptors (Lipinski definition) is 9. The Labute approximate surface area is 208 Å². The van der Waals surface area contributed by atoms with E-state index < -0.39 is 64.3 Å². The van der Waals surface area contributed by atoms with Gasteiger partial charge in [-0.25, -0.2) is 9.59 Å².